The molecule has 0 saturated carbocycles. The lowest BCUT2D eigenvalue weighted by Crippen LogP contribution is -2.17. The Balaban J connectivity index is 1.87. The van der Waals surface area contributed by atoms with Crippen LogP contribution in [0.1, 0.15) is 20.8 Å². The number of nitrogens with one attached hydrogen (secondary N) is 1. The second-order valence-electron chi connectivity index (χ2n) is 5.69. The van der Waals surface area contributed by atoms with Crippen molar-refractivity contribution in [1.29, 1.82) is 0 Å². The van der Waals surface area contributed by atoms with Crippen LogP contribution in [0.25, 0.3) is 10.6 Å². The third kappa shape index (κ3) is 3.70. The van der Waals surface area contributed by atoms with E-state index in [4.69, 9.17) is 5.73 Å². The van der Waals surface area contributed by atoms with Gasteiger partial charge in [0.15, 0.2) is 5.69 Å². The van der Waals surface area contributed by atoms with Crippen molar-refractivity contribution in [3.63, 3.8) is 0 Å². The number of rotatable bonds is 5. The van der Waals surface area contributed by atoms with Crippen LogP contribution in [0.2, 0.25) is 0 Å². The van der Waals surface area contributed by atoms with Gasteiger partial charge in [0, 0.05) is 43.3 Å². The Labute approximate surface area is 154 Å². The summed E-state index contributed by atoms with van der Waals surface area (Å²) in [5.41, 5.74) is 7.71. The maximum atomic E-state index is 12.5. The van der Waals surface area contributed by atoms with Gasteiger partial charge in [0.2, 0.25) is 0 Å². The Morgan fingerprint density at radius 1 is 1.08 bits per heavy atom. The number of pyridine rings is 1. The van der Waals surface area contributed by atoms with E-state index in [1.807, 2.05) is 31.1 Å². The van der Waals surface area contributed by atoms with Crippen molar-refractivity contribution in [1.82, 2.24) is 9.97 Å². The number of aromatic nitrogens is 2. The van der Waals surface area contributed by atoms with Crippen LogP contribution in [0.3, 0.4) is 0 Å². The molecule has 0 aliphatic heterocycles. The van der Waals surface area contributed by atoms with Crippen molar-refractivity contribution in [3.8, 4) is 10.6 Å². The van der Waals surface area contributed by atoms with Crippen LogP contribution in [0.15, 0.2) is 48.8 Å². The lowest BCUT2D eigenvalue weighted by atomic mass is 10.2. The van der Waals surface area contributed by atoms with Gasteiger partial charge in [-0.25, -0.2) is 4.98 Å². The van der Waals surface area contributed by atoms with Crippen LogP contribution in [0, 0.1) is 0 Å². The number of hydrogen-bond donors (Lipinski definition) is 2. The van der Waals surface area contributed by atoms with Crippen LogP contribution in [-0.4, -0.2) is 35.9 Å². The van der Waals surface area contributed by atoms with Gasteiger partial charge >= 0.3 is 0 Å². The standard InChI is InChI=1S/C18H17N5O2S/c1-23(2)13-5-3-11(4-6-13)16(25)22-18-14(15(19)24)21-17(26-18)12-7-9-20-10-8-12/h3-10H,1-2H3,(H2,19,24)(H,22,25). The number of thiazole rings is 1. The van der Waals surface area contributed by atoms with Gasteiger partial charge in [0.1, 0.15) is 10.0 Å². The Morgan fingerprint density at radius 2 is 1.73 bits per heavy atom. The van der Waals surface area contributed by atoms with E-state index in [0.29, 0.717) is 15.6 Å². The summed E-state index contributed by atoms with van der Waals surface area (Å²) in [7, 11) is 3.85. The maximum absolute atomic E-state index is 12.5. The maximum Gasteiger partial charge on any atom is 0.270 e. The number of anilines is 2. The van der Waals surface area contributed by atoms with Gasteiger partial charge in [0.05, 0.1) is 0 Å². The second kappa shape index (κ2) is 7.32. The molecule has 8 heteroatoms. The van der Waals surface area contributed by atoms with Crippen LogP contribution < -0.4 is 16.0 Å². The normalized spacial score (nSPS) is 10.4. The summed E-state index contributed by atoms with van der Waals surface area (Å²) in [6.07, 6.45) is 3.26. The first-order valence-corrected chi connectivity index (χ1v) is 8.57. The minimum absolute atomic E-state index is 0.0417. The molecule has 2 amide bonds. The number of primary amides is 1. The minimum Gasteiger partial charge on any atom is -0.378 e. The van der Waals surface area contributed by atoms with Crippen molar-refractivity contribution in [2.75, 3.05) is 24.3 Å². The fraction of sp³-hybridized carbons (Fsp3) is 0.111. The van der Waals surface area contributed by atoms with Crippen LogP contribution in [0.4, 0.5) is 10.7 Å². The van der Waals surface area contributed by atoms with E-state index < -0.39 is 5.91 Å². The van der Waals surface area contributed by atoms with Gasteiger partial charge in [-0.1, -0.05) is 11.3 Å². The summed E-state index contributed by atoms with van der Waals surface area (Å²) in [5, 5.41) is 3.64. The first-order chi connectivity index (χ1) is 12.5. The zero-order valence-corrected chi connectivity index (χ0v) is 15.1. The molecule has 0 atom stereocenters. The van der Waals surface area contributed by atoms with Gasteiger partial charge in [-0.2, -0.15) is 0 Å². The Morgan fingerprint density at radius 3 is 2.31 bits per heavy atom. The number of nitrogens with zero attached hydrogens (tertiary/aromatic N) is 3. The summed E-state index contributed by atoms with van der Waals surface area (Å²) in [6, 6.07) is 10.7. The topological polar surface area (TPSA) is 101 Å². The van der Waals surface area contributed by atoms with Gasteiger partial charge in [-0.15, -0.1) is 0 Å². The number of carbonyl (C=O) groups excluding carboxylic acids is 2. The molecule has 1 aromatic carbocycles. The number of amides is 2. The van der Waals surface area contributed by atoms with E-state index >= 15 is 0 Å². The van der Waals surface area contributed by atoms with E-state index in [9.17, 15) is 9.59 Å². The molecule has 3 N–H and O–H groups in total. The molecule has 2 aromatic heterocycles. The largest absolute Gasteiger partial charge is 0.378 e. The molecule has 26 heavy (non-hydrogen) atoms. The zero-order chi connectivity index (χ0) is 18.7. The molecule has 7 nitrogen and oxygen atoms in total. The molecule has 0 unspecified atom stereocenters. The first-order valence-electron chi connectivity index (χ1n) is 7.75. The molecule has 0 spiro atoms. The molecule has 3 rings (SSSR count). The van der Waals surface area contributed by atoms with E-state index in [-0.39, 0.29) is 11.6 Å². The molecular formula is C18H17N5O2S. The van der Waals surface area contributed by atoms with Gasteiger partial charge in [-0.3, -0.25) is 14.6 Å². The quantitative estimate of drug-likeness (QED) is 0.722. The lowest BCUT2D eigenvalue weighted by molar-refractivity contribution is 0.0997. The van der Waals surface area contributed by atoms with Crippen molar-refractivity contribution < 1.29 is 9.59 Å². The molecule has 0 fully saturated rings. The smallest absolute Gasteiger partial charge is 0.270 e. The monoisotopic (exact) mass is 367 g/mol. The van der Waals surface area contributed by atoms with Crippen molar-refractivity contribution in [2.45, 2.75) is 0 Å². The van der Waals surface area contributed by atoms with Crippen molar-refractivity contribution >= 4 is 33.8 Å². The summed E-state index contributed by atoms with van der Waals surface area (Å²) in [6.45, 7) is 0. The zero-order valence-electron chi connectivity index (χ0n) is 14.3. The van der Waals surface area contributed by atoms with Crippen LogP contribution in [-0.2, 0) is 0 Å². The fourth-order valence-corrected chi connectivity index (χ4v) is 3.25. The molecule has 0 aliphatic carbocycles. The van der Waals surface area contributed by atoms with E-state index in [0.717, 1.165) is 11.3 Å². The van der Waals surface area contributed by atoms with E-state index in [1.165, 1.54) is 11.3 Å². The minimum atomic E-state index is -0.695. The molecular weight excluding hydrogens is 350 g/mol. The number of benzene rings is 1. The molecule has 0 radical (unpaired) electrons. The lowest BCUT2D eigenvalue weighted by Gasteiger charge is -2.12. The highest BCUT2D eigenvalue weighted by Gasteiger charge is 2.19. The second-order valence-corrected chi connectivity index (χ2v) is 6.69. The summed E-state index contributed by atoms with van der Waals surface area (Å²) < 4.78 is 0. The Bertz CT molecular complexity index is 936. The summed E-state index contributed by atoms with van der Waals surface area (Å²) in [5.74, 6) is -1.03. The van der Waals surface area contributed by atoms with Crippen LogP contribution >= 0.6 is 11.3 Å². The van der Waals surface area contributed by atoms with Crippen LogP contribution in [0.5, 0.6) is 0 Å². The summed E-state index contributed by atoms with van der Waals surface area (Å²) >= 11 is 1.19. The fourth-order valence-electron chi connectivity index (χ4n) is 2.28. The number of hydrogen-bond acceptors (Lipinski definition) is 6. The molecule has 2 heterocycles. The number of nitrogens with two attached hydrogens (primary N) is 1. The highest BCUT2D eigenvalue weighted by Crippen LogP contribution is 2.32. The molecule has 132 valence electrons. The van der Waals surface area contributed by atoms with Crippen molar-refractivity contribution in [3.05, 3.63) is 60.0 Å². The number of carbonyl (C=O) groups is 2. The SMILES string of the molecule is CN(C)c1ccc(C(=O)Nc2sc(-c3ccncc3)nc2C(N)=O)cc1. The van der Waals surface area contributed by atoms with Gasteiger partial charge < -0.3 is 16.0 Å². The van der Waals surface area contributed by atoms with E-state index in [1.54, 1.807) is 36.7 Å². The van der Waals surface area contributed by atoms with Gasteiger partial charge in [0.25, 0.3) is 11.8 Å². The average molecular weight is 367 g/mol. The van der Waals surface area contributed by atoms with Gasteiger partial charge in [-0.05, 0) is 36.4 Å². The third-order valence-electron chi connectivity index (χ3n) is 3.66. The van der Waals surface area contributed by atoms with E-state index in [2.05, 4.69) is 15.3 Å². The molecule has 0 bridgehead atoms. The third-order valence-corrected chi connectivity index (χ3v) is 4.68. The molecule has 3 aromatic rings. The molecule has 0 saturated heterocycles. The first kappa shape index (κ1) is 17.6. The Hall–Kier alpha value is -3.26. The highest BCUT2D eigenvalue weighted by atomic mass is 32.1. The highest BCUT2D eigenvalue weighted by molar-refractivity contribution is 7.19. The summed E-state index contributed by atoms with van der Waals surface area (Å²) in [4.78, 5) is 34.4. The Kier molecular flexibility index (Phi) is 4.94. The van der Waals surface area contributed by atoms with Crippen molar-refractivity contribution in [2.24, 2.45) is 5.73 Å². The predicted molar refractivity (Wildman–Crippen MR) is 103 cm³/mol. The molecule has 0 aliphatic rings. The predicted octanol–water partition coefficient (Wildman–Crippen LogP) is 2.62. The average Bonchev–Trinajstić information content (AvgIpc) is 3.06.